The maximum atomic E-state index is 9.05. The van der Waals surface area contributed by atoms with E-state index in [0.29, 0.717) is 0 Å². The number of β-amino-alcohol motifs (C(OH)–C–C–N with tert-alkyl or cyclic N) is 1. The van der Waals surface area contributed by atoms with Gasteiger partial charge in [0.05, 0.1) is 6.61 Å². The second-order valence-electron chi connectivity index (χ2n) is 4.35. The Morgan fingerprint density at radius 3 is 2.36 bits per heavy atom. The van der Waals surface area contributed by atoms with E-state index in [-0.39, 0.29) is 12.1 Å². The maximum Gasteiger partial charge on any atom is 0.0558 e. The molecule has 0 amide bonds. The van der Waals surface area contributed by atoms with Gasteiger partial charge in [0, 0.05) is 18.6 Å². The van der Waals surface area contributed by atoms with E-state index in [2.05, 4.69) is 11.8 Å². The Morgan fingerprint density at radius 1 is 1.29 bits per heavy atom. The first kappa shape index (κ1) is 12.0. The lowest BCUT2D eigenvalue weighted by Crippen LogP contribution is -2.53. The predicted octanol–water partition coefficient (Wildman–Crippen LogP) is 0.962. The summed E-state index contributed by atoms with van der Waals surface area (Å²) in [6.07, 6.45) is 6.15. The van der Waals surface area contributed by atoms with Crippen LogP contribution in [0.2, 0.25) is 0 Å². The van der Waals surface area contributed by atoms with E-state index in [1.807, 2.05) is 0 Å². The molecule has 0 aromatic rings. The van der Waals surface area contributed by atoms with Crippen molar-refractivity contribution in [3.8, 4) is 0 Å². The van der Waals surface area contributed by atoms with Gasteiger partial charge in [0.25, 0.3) is 0 Å². The van der Waals surface area contributed by atoms with Crippen LogP contribution in [0.25, 0.3) is 0 Å². The van der Waals surface area contributed by atoms with Gasteiger partial charge in [-0.3, -0.25) is 4.90 Å². The highest BCUT2D eigenvalue weighted by Gasteiger charge is 2.37. The van der Waals surface area contributed by atoms with Crippen LogP contribution < -0.4 is 5.73 Å². The zero-order valence-electron chi connectivity index (χ0n) is 9.34. The van der Waals surface area contributed by atoms with Gasteiger partial charge in [-0.15, -0.1) is 0 Å². The van der Waals surface area contributed by atoms with E-state index in [9.17, 15) is 0 Å². The topological polar surface area (TPSA) is 49.5 Å². The van der Waals surface area contributed by atoms with Crippen LogP contribution in [0.3, 0.4) is 0 Å². The molecular formula is C11H24N2O. The van der Waals surface area contributed by atoms with E-state index in [1.54, 1.807) is 0 Å². The van der Waals surface area contributed by atoms with Crippen molar-refractivity contribution in [1.29, 1.82) is 0 Å². The van der Waals surface area contributed by atoms with Gasteiger partial charge in [-0.1, -0.05) is 19.8 Å². The normalized spacial score (nSPS) is 20.6. The van der Waals surface area contributed by atoms with Crippen LogP contribution in [-0.4, -0.2) is 41.8 Å². The lowest BCUT2D eigenvalue weighted by Gasteiger charge is -2.40. The fourth-order valence-electron chi connectivity index (χ4n) is 2.66. The second kappa shape index (κ2) is 5.69. The molecule has 3 heteroatoms. The third-order valence-corrected chi connectivity index (χ3v) is 3.45. The lowest BCUT2D eigenvalue weighted by atomic mass is 9.95. The molecule has 3 N–H and O–H groups in total. The molecule has 0 atom stereocenters. The lowest BCUT2D eigenvalue weighted by molar-refractivity contribution is 0.0764. The Morgan fingerprint density at radius 2 is 1.93 bits per heavy atom. The largest absolute Gasteiger partial charge is 0.395 e. The van der Waals surface area contributed by atoms with Gasteiger partial charge in [-0.05, 0) is 25.8 Å². The Balaban J connectivity index is 2.61. The highest BCUT2D eigenvalue weighted by atomic mass is 16.3. The standard InChI is InChI=1S/C11H24N2O/c1-2-7-13(8-9-14)11(10-12)5-3-4-6-11/h14H,2-10,12H2,1H3. The summed E-state index contributed by atoms with van der Waals surface area (Å²) in [5.41, 5.74) is 6.11. The van der Waals surface area contributed by atoms with Gasteiger partial charge < -0.3 is 10.8 Å². The van der Waals surface area contributed by atoms with E-state index in [4.69, 9.17) is 10.8 Å². The minimum absolute atomic E-state index is 0.207. The number of nitrogens with two attached hydrogens (primary N) is 1. The molecule has 84 valence electrons. The van der Waals surface area contributed by atoms with E-state index >= 15 is 0 Å². The maximum absolute atomic E-state index is 9.05. The van der Waals surface area contributed by atoms with Crippen molar-refractivity contribution in [2.45, 2.75) is 44.6 Å². The first-order valence-electron chi connectivity index (χ1n) is 5.85. The van der Waals surface area contributed by atoms with Crippen LogP contribution in [-0.2, 0) is 0 Å². The first-order chi connectivity index (χ1) is 6.79. The summed E-state index contributed by atoms with van der Waals surface area (Å²) in [6.45, 7) is 5.03. The molecule has 1 aliphatic carbocycles. The van der Waals surface area contributed by atoms with E-state index in [0.717, 1.165) is 26.1 Å². The van der Waals surface area contributed by atoms with E-state index < -0.39 is 0 Å². The average Bonchev–Trinajstić information content (AvgIpc) is 2.67. The Hall–Kier alpha value is -0.120. The van der Waals surface area contributed by atoms with Gasteiger partial charge in [0.2, 0.25) is 0 Å². The quantitative estimate of drug-likeness (QED) is 0.671. The van der Waals surface area contributed by atoms with Gasteiger partial charge in [0.1, 0.15) is 0 Å². The summed E-state index contributed by atoms with van der Waals surface area (Å²) in [5.74, 6) is 0. The summed E-state index contributed by atoms with van der Waals surface area (Å²) in [4.78, 5) is 2.40. The monoisotopic (exact) mass is 200 g/mol. The highest BCUT2D eigenvalue weighted by Crippen LogP contribution is 2.34. The summed E-state index contributed by atoms with van der Waals surface area (Å²) in [6, 6.07) is 0. The number of aliphatic hydroxyl groups is 1. The van der Waals surface area contributed by atoms with Gasteiger partial charge in [0.15, 0.2) is 0 Å². The molecule has 14 heavy (non-hydrogen) atoms. The number of nitrogens with zero attached hydrogens (tertiary/aromatic N) is 1. The van der Waals surface area contributed by atoms with Crippen LogP contribution in [0.1, 0.15) is 39.0 Å². The minimum Gasteiger partial charge on any atom is -0.395 e. The smallest absolute Gasteiger partial charge is 0.0558 e. The van der Waals surface area contributed by atoms with Crippen molar-refractivity contribution in [3.05, 3.63) is 0 Å². The van der Waals surface area contributed by atoms with Gasteiger partial charge in [-0.2, -0.15) is 0 Å². The fraction of sp³-hybridized carbons (Fsp3) is 1.00. The molecule has 0 heterocycles. The zero-order valence-corrected chi connectivity index (χ0v) is 9.34. The van der Waals surface area contributed by atoms with Crippen molar-refractivity contribution >= 4 is 0 Å². The molecule has 0 spiro atoms. The van der Waals surface area contributed by atoms with Crippen LogP contribution in [0, 0.1) is 0 Å². The highest BCUT2D eigenvalue weighted by molar-refractivity contribution is 4.95. The summed E-state index contributed by atoms with van der Waals surface area (Å²) in [5, 5.41) is 9.05. The molecule has 0 unspecified atom stereocenters. The number of aliphatic hydroxyl groups excluding tert-OH is 1. The van der Waals surface area contributed by atoms with Gasteiger partial charge in [-0.25, -0.2) is 0 Å². The second-order valence-corrected chi connectivity index (χ2v) is 4.35. The molecule has 3 nitrogen and oxygen atoms in total. The fourth-order valence-corrected chi connectivity index (χ4v) is 2.66. The third-order valence-electron chi connectivity index (χ3n) is 3.45. The molecule has 1 fully saturated rings. The average molecular weight is 200 g/mol. The molecule has 0 aromatic carbocycles. The first-order valence-corrected chi connectivity index (χ1v) is 5.85. The van der Waals surface area contributed by atoms with Crippen LogP contribution >= 0.6 is 0 Å². The molecule has 0 saturated heterocycles. The molecule has 1 rings (SSSR count). The summed E-state index contributed by atoms with van der Waals surface area (Å²) < 4.78 is 0. The van der Waals surface area contributed by atoms with E-state index in [1.165, 1.54) is 25.7 Å². The molecule has 1 saturated carbocycles. The Bertz CT molecular complexity index is 149. The van der Waals surface area contributed by atoms with Gasteiger partial charge >= 0.3 is 0 Å². The molecule has 0 aliphatic heterocycles. The summed E-state index contributed by atoms with van der Waals surface area (Å²) >= 11 is 0. The molecule has 0 radical (unpaired) electrons. The Kier molecular flexibility index (Phi) is 4.85. The minimum atomic E-state index is 0.207. The van der Waals surface area contributed by atoms with Crippen molar-refractivity contribution in [2.24, 2.45) is 5.73 Å². The van der Waals surface area contributed by atoms with Crippen molar-refractivity contribution in [3.63, 3.8) is 0 Å². The SMILES string of the molecule is CCCN(CCO)C1(CN)CCCC1. The van der Waals surface area contributed by atoms with Crippen molar-refractivity contribution < 1.29 is 5.11 Å². The third kappa shape index (κ3) is 2.47. The zero-order chi connectivity index (χ0) is 10.4. The van der Waals surface area contributed by atoms with Crippen molar-refractivity contribution in [1.82, 2.24) is 4.90 Å². The number of rotatable bonds is 6. The predicted molar refractivity (Wildman–Crippen MR) is 59.2 cm³/mol. The molecular weight excluding hydrogens is 176 g/mol. The van der Waals surface area contributed by atoms with Crippen LogP contribution in [0.5, 0.6) is 0 Å². The molecule has 0 aromatic heterocycles. The number of hydrogen-bond acceptors (Lipinski definition) is 3. The molecule has 1 aliphatic rings. The van der Waals surface area contributed by atoms with Crippen LogP contribution in [0.15, 0.2) is 0 Å². The molecule has 0 bridgehead atoms. The Labute approximate surface area is 87.3 Å². The van der Waals surface area contributed by atoms with Crippen molar-refractivity contribution in [2.75, 3.05) is 26.2 Å². The summed E-state index contributed by atoms with van der Waals surface area (Å²) in [7, 11) is 0. The van der Waals surface area contributed by atoms with Crippen LogP contribution in [0.4, 0.5) is 0 Å². The number of hydrogen-bond donors (Lipinski definition) is 2.